The molecule has 0 saturated heterocycles. The van der Waals surface area contributed by atoms with Crippen LogP contribution >= 0.6 is 0 Å². The molecule has 0 bridgehead atoms. The fraction of sp³-hybridized carbons (Fsp3) is 0.421. The smallest absolute Gasteiger partial charge is 0.342 e. The van der Waals surface area contributed by atoms with Crippen LogP contribution in [0.15, 0.2) is 35.9 Å². The molecule has 0 fully saturated rings. The molecule has 0 aromatic heterocycles. The summed E-state index contributed by atoms with van der Waals surface area (Å²) in [5.41, 5.74) is 0.368. The molecule has 0 spiro atoms. The van der Waals surface area contributed by atoms with E-state index in [9.17, 15) is 14.4 Å². The van der Waals surface area contributed by atoms with Crippen molar-refractivity contribution in [2.75, 3.05) is 13.2 Å². The minimum atomic E-state index is -1.82. The van der Waals surface area contributed by atoms with Crippen molar-refractivity contribution in [1.82, 2.24) is 5.32 Å². The Kier molecular flexibility index (Phi) is 5.74. The highest BCUT2D eigenvalue weighted by atomic mass is 16.6. The van der Waals surface area contributed by atoms with E-state index in [0.717, 1.165) is 11.1 Å². The molecule has 2 rings (SSSR count). The van der Waals surface area contributed by atoms with Gasteiger partial charge in [0.2, 0.25) is 5.54 Å². The second-order valence-corrected chi connectivity index (χ2v) is 5.89. The van der Waals surface area contributed by atoms with Gasteiger partial charge in [0.1, 0.15) is 0 Å². The van der Waals surface area contributed by atoms with E-state index in [1.165, 1.54) is 13.0 Å². The van der Waals surface area contributed by atoms with Crippen molar-refractivity contribution in [2.24, 2.45) is 0 Å². The number of esters is 2. The molecule has 0 saturated carbocycles. The van der Waals surface area contributed by atoms with Crippen LogP contribution in [-0.2, 0) is 23.9 Å². The summed E-state index contributed by atoms with van der Waals surface area (Å²) in [6.07, 6.45) is 1.34. The summed E-state index contributed by atoms with van der Waals surface area (Å²) in [5, 5.41) is 2.98. The lowest BCUT2D eigenvalue weighted by Crippen LogP contribution is -2.56. The minimum Gasteiger partial charge on any atom is -0.464 e. The third-order valence-corrected chi connectivity index (χ3v) is 4.07. The van der Waals surface area contributed by atoms with E-state index in [1.807, 2.05) is 31.2 Å². The quantitative estimate of drug-likeness (QED) is 0.627. The van der Waals surface area contributed by atoms with Crippen LogP contribution in [-0.4, -0.2) is 36.5 Å². The first kappa shape index (κ1) is 18.9. The van der Waals surface area contributed by atoms with Crippen LogP contribution in [0.3, 0.4) is 0 Å². The van der Waals surface area contributed by atoms with Gasteiger partial charge in [-0.1, -0.05) is 29.8 Å². The van der Waals surface area contributed by atoms with Gasteiger partial charge in [-0.25, -0.2) is 9.59 Å². The fourth-order valence-electron chi connectivity index (χ4n) is 2.80. The lowest BCUT2D eigenvalue weighted by atomic mass is 9.96. The lowest BCUT2D eigenvalue weighted by Gasteiger charge is -2.26. The van der Waals surface area contributed by atoms with Gasteiger partial charge in [0.15, 0.2) is 5.78 Å². The molecule has 1 aliphatic heterocycles. The van der Waals surface area contributed by atoms with Crippen LogP contribution in [0.1, 0.15) is 37.9 Å². The Bertz CT molecular complexity index is 687. The number of hydrogen-bond acceptors (Lipinski definition) is 6. The zero-order chi connectivity index (χ0) is 18.6. The summed E-state index contributed by atoms with van der Waals surface area (Å²) >= 11 is 0. The van der Waals surface area contributed by atoms with E-state index >= 15 is 0 Å². The zero-order valence-corrected chi connectivity index (χ0v) is 14.9. The predicted molar refractivity (Wildman–Crippen MR) is 91.8 cm³/mol. The van der Waals surface area contributed by atoms with Gasteiger partial charge in [0, 0.05) is 5.57 Å². The molecule has 0 radical (unpaired) electrons. The number of benzene rings is 1. The first-order valence-electron chi connectivity index (χ1n) is 8.28. The average Bonchev–Trinajstić information content (AvgIpc) is 2.98. The Balaban J connectivity index is 2.51. The Labute approximate surface area is 147 Å². The van der Waals surface area contributed by atoms with Gasteiger partial charge in [-0.05, 0) is 39.3 Å². The zero-order valence-electron chi connectivity index (χ0n) is 14.9. The van der Waals surface area contributed by atoms with E-state index in [4.69, 9.17) is 9.47 Å². The van der Waals surface area contributed by atoms with Gasteiger partial charge < -0.3 is 9.47 Å². The highest BCUT2D eigenvalue weighted by Gasteiger charge is 2.54. The number of rotatable bonds is 6. The van der Waals surface area contributed by atoms with Gasteiger partial charge in [0.05, 0.1) is 19.3 Å². The standard InChI is InChI=1S/C19H23NO5/c1-5-24-17(22)19(18(23)25-6-2)11-15(13(4)21)16(20-19)14-9-7-12(3)8-10-14/h7-11,16,20H,5-6H2,1-4H3/t16-/m0/s1. The third-order valence-electron chi connectivity index (χ3n) is 4.07. The van der Waals surface area contributed by atoms with Crippen molar-refractivity contribution in [3.8, 4) is 0 Å². The van der Waals surface area contributed by atoms with Crippen molar-refractivity contribution in [3.05, 3.63) is 47.0 Å². The molecule has 1 N–H and O–H groups in total. The van der Waals surface area contributed by atoms with Gasteiger partial charge in [0.25, 0.3) is 0 Å². The lowest BCUT2D eigenvalue weighted by molar-refractivity contribution is -0.162. The van der Waals surface area contributed by atoms with Gasteiger partial charge in [-0.3, -0.25) is 10.1 Å². The fourth-order valence-corrected chi connectivity index (χ4v) is 2.80. The first-order chi connectivity index (χ1) is 11.9. The van der Waals surface area contributed by atoms with E-state index < -0.39 is 23.5 Å². The summed E-state index contributed by atoms with van der Waals surface area (Å²) in [6, 6.07) is 6.94. The molecular formula is C19H23NO5. The van der Waals surface area contributed by atoms with Gasteiger partial charge in [-0.15, -0.1) is 0 Å². The first-order valence-corrected chi connectivity index (χ1v) is 8.28. The molecule has 134 valence electrons. The number of carbonyl (C=O) groups excluding carboxylic acids is 3. The number of hydrogen-bond donors (Lipinski definition) is 1. The van der Waals surface area contributed by atoms with E-state index in [-0.39, 0.29) is 19.0 Å². The molecule has 1 heterocycles. The highest BCUT2D eigenvalue weighted by molar-refractivity contribution is 6.11. The molecule has 1 aromatic rings. The van der Waals surface area contributed by atoms with Crippen LogP contribution < -0.4 is 5.32 Å². The van der Waals surface area contributed by atoms with Crippen LogP contribution in [0.25, 0.3) is 0 Å². The molecule has 25 heavy (non-hydrogen) atoms. The summed E-state index contributed by atoms with van der Waals surface area (Å²) in [7, 11) is 0. The third kappa shape index (κ3) is 3.64. The maximum absolute atomic E-state index is 12.5. The average molecular weight is 345 g/mol. The van der Waals surface area contributed by atoms with Crippen molar-refractivity contribution < 1.29 is 23.9 Å². The summed E-state index contributed by atoms with van der Waals surface area (Å²) in [6.45, 7) is 6.88. The van der Waals surface area contributed by atoms with Gasteiger partial charge >= 0.3 is 11.9 Å². The second-order valence-electron chi connectivity index (χ2n) is 5.89. The predicted octanol–water partition coefficient (Wildman–Crippen LogP) is 2.02. The number of ether oxygens (including phenoxy) is 2. The van der Waals surface area contributed by atoms with Crippen LogP contribution in [0.4, 0.5) is 0 Å². The summed E-state index contributed by atoms with van der Waals surface area (Å²) < 4.78 is 10.1. The summed E-state index contributed by atoms with van der Waals surface area (Å²) in [5.74, 6) is -1.78. The van der Waals surface area contributed by atoms with Crippen LogP contribution in [0, 0.1) is 6.92 Å². The highest BCUT2D eigenvalue weighted by Crippen LogP contribution is 2.35. The van der Waals surface area contributed by atoms with Crippen LogP contribution in [0.5, 0.6) is 0 Å². The molecule has 0 aliphatic carbocycles. The molecule has 0 unspecified atom stereocenters. The van der Waals surface area contributed by atoms with Gasteiger partial charge in [-0.2, -0.15) is 0 Å². The number of nitrogens with one attached hydrogen (secondary N) is 1. The Morgan fingerprint density at radius 3 is 2.00 bits per heavy atom. The second kappa shape index (κ2) is 7.61. The molecule has 6 heteroatoms. The SMILES string of the molecule is CCOC(=O)C1(C(=O)OCC)C=C(C(C)=O)[C@H](c2ccc(C)cc2)N1. The maximum Gasteiger partial charge on any atom is 0.342 e. The maximum atomic E-state index is 12.5. The number of ketones is 1. The number of carbonyl (C=O) groups is 3. The molecule has 1 aromatic carbocycles. The normalized spacial score (nSPS) is 18.4. The molecule has 6 nitrogen and oxygen atoms in total. The van der Waals surface area contributed by atoms with E-state index in [0.29, 0.717) is 5.57 Å². The largest absolute Gasteiger partial charge is 0.464 e. The number of aryl methyl sites for hydroxylation is 1. The summed E-state index contributed by atoms with van der Waals surface area (Å²) in [4.78, 5) is 37.2. The van der Waals surface area contributed by atoms with E-state index in [1.54, 1.807) is 13.8 Å². The van der Waals surface area contributed by atoms with Crippen LogP contribution in [0.2, 0.25) is 0 Å². The minimum absolute atomic E-state index is 0.111. The van der Waals surface area contributed by atoms with Crippen molar-refractivity contribution in [1.29, 1.82) is 0 Å². The molecule has 1 atom stereocenters. The van der Waals surface area contributed by atoms with Crippen molar-refractivity contribution in [3.63, 3.8) is 0 Å². The monoisotopic (exact) mass is 345 g/mol. The molecule has 1 aliphatic rings. The van der Waals surface area contributed by atoms with E-state index in [2.05, 4.69) is 5.32 Å². The Morgan fingerprint density at radius 1 is 1.04 bits per heavy atom. The Hall–Kier alpha value is -2.47. The van der Waals surface area contributed by atoms with Crippen molar-refractivity contribution >= 4 is 17.7 Å². The Morgan fingerprint density at radius 2 is 1.56 bits per heavy atom. The molecular weight excluding hydrogens is 322 g/mol. The van der Waals surface area contributed by atoms with Crippen molar-refractivity contribution in [2.45, 2.75) is 39.3 Å². The topological polar surface area (TPSA) is 81.7 Å². The molecule has 0 amide bonds. The number of Topliss-reactive ketones (excluding diaryl/α,β-unsaturated/α-hetero) is 1.